The molecule has 104 valence electrons. The number of hydrogen-bond acceptors (Lipinski definition) is 2. The Labute approximate surface area is 124 Å². The molecular weight excluding hydrogens is 300 g/mol. The molecule has 1 aromatic rings. The quantitative estimate of drug-likeness (QED) is 0.854. The highest BCUT2D eigenvalue weighted by atomic mass is 79.9. The van der Waals surface area contributed by atoms with Gasteiger partial charge in [-0.25, -0.2) is 0 Å². The summed E-state index contributed by atoms with van der Waals surface area (Å²) in [6.45, 7) is 4.49. The maximum atomic E-state index is 5.96. The van der Waals surface area contributed by atoms with Crippen molar-refractivity contribution in [1.29, 1.82) is 0 Å². The number of anilines is 1. The van der Waals surface area contributed by atoms with Crippen molar-refractivity contribution in [1.82, 2.24) is 0 Å². The molecule has 3 heteroatoms. The minimum atomic E-state index is 0.102. The van der Waals surface area contributed by atoms with Crippen LogP contribution in [0.3, 0.4) is 0 Å². The Bertz CT molecular complexity index is 436. The minimum absolute atomic E-state index is 0.102. The van der Waals surface area contributed by atoms with Gasteiger partial charge in [-0.15, -0.1) is 0 Å². The summed E-state index contributed by atoms with van der Waals surface area (Å²) in [5.41, 5.74) is 8.51. The van der Waals surface area contributed by atoms with Crippen LogP contribution in [0.4, 0.5) is 5.69 Å². The highest BCUT2D eigenvalue weighted by Gasteiger charge is 2.30. The minimum Gasteiger partial charge on any atom is -0.370 e. The third kappa shape index (κ3) is 3.51. The van der Waals surface area contributed by atoms with Crippen LogP contribution >= 0.6 is 15.9 Å². The lowest BCUT2D eigenvalue weighted by Gasteiger charge is -2.26. The fourth-order valence-electron chi connectivity index (χ4n) is 2.56. The number of nitrogens with two attached hydrogens (primary N) is 1. The second kappa shape index (κ2) is 5.45. The summed E-state index contributed by atoms with van der Waals surface area (Å²) in [4.78, 5) is 2.59. The number of rotatable bonds is 6. The van der Waals surface area contributed by atoms with Crippen molar-refractivity contribution in [2.24, 2.45) is 17.6 Å². The van der Waals surface area contributed by atoms with E-state index in [1.165, 1.54) is 54.5 Å². The SMILES string of the molecule is C[C@H](N)c1ccc(N(CC2CC2)CC2CC2)c(Br)c1. The zero-order valence-corrected chi connectivity index (χ0v) is 13.2. The molecule has 1 aromatic carbocycles. The second-order valence-electron chi connectivity index (χ2n) is 6.29. The predicted molar refractivity (Wildman–Crippen MR) is 84.4 cm³/mol. The summed E-state index contributed by atoms with van der Waals surface area (Å²) < 4.78 is 1.20. The summed E-state index contributed by atoms with van der Waals surface area (Å²) in [5, 5.41) is 0. The van der Waals surface area contributed by atoms with Crippen molar-refractivity contribution in [3.8, 4) is 0 Å². The number of benzene rings is 1. The van der Waals surface area contributed by atoms with Crippen molar-refractivity contribution in [2.75, 3.05) is 18.0 Å². The molecule has 2 saturated carbocycles. The Balaban J connectivity index is 1.79. The predicted octanol–water partition coefficient (Wildman–Crippen LogP) is 4.10. The summed E-state index contributed by atoms with van der Waals surface area (Å²) in [7, 11) is 0. The van der Waals surface area contributed by atoms with Crippen LogP contribution < -0.4 is 10.6 Å². The summed E-state index contributed by atoms with van der Waals surface area (Å²) in [6.07, 6.45) is 5.65. The van der Waals surface area contributed by atoms with Gasteiger partial charge in [-0.05, 0) is 78.1 Å². The lowest BCUT2D eigenvalue weighted by atomic mass is 10.1. The van der Waals surface area contributed by atoms with Gasteiger partial charge in [0.15, 0.2) is 0 Å². The van der Waals surface area contributed by atoms with Gasteiger partial charge < -0.3 is 10.6 Å². The van der Waals surface area contributed by atoms with Gasteiger partial charge >= 0.3 is 0 Å². The molecule has 2 aliphatic rings. The zero-order valence-electron chi connectivity index (χ0n) is 11.6. The smallest absolute Gasteiger partial charge is 0.0511 e. The van der Waals surface area contributed by atoms with Gasteiger partial charge in [-0.1, -0.05) is 6.07 Å². The molecule has 0 aliphatic heterocycles. The van der Waals surface area contributed by atoms with Crippen LogP contribution in [0.2, 0.25) is 0 Å². The van der Waals surface area contributed by atoms with E-state index in [-0.39, 0.29) is 6.04 Å². The second-order valence-corrected chi connectivity index (χ2v) is 7.15. The van der Waals surface area contributed by atoms with Gasteiger partial charge in [0, 0.05) is 23.6 Å². The maximum Gasteiger partial charge on any atom is 0.0511 e. The average molecular weight is 323 g/mol. The van der Waals surface area contributed by atoms with Gasteiger partial charge in [-0.3, -0.25) is 0 Å². The molecule has 19 heavy (non-hydrogen) atoms. The van der Waals surface area contributed by atoms with E-state index in [4.69, 9.17) is 5.73 Å². The average Bonchev–Trinajstić information content (AvgIpc) is 3.23. The van der Waals surface area contributed by atoms with E-state index in [2.05, 4.69) is 39.0 Å². The summed E-state index contributed by atoms with van der Waals surface area (Å²) in [6, 6.07) is 6.71. The first-order valence-electron chi connectivity index (χ1n) is 7.43. The van der Waals surface area contributed by atoms with Crippen molar-refractivity contribution in [3.05, 3.63) is 28.2 Å². The molecule has 2 N–H and O–H groups in total. The zero-order chi connectivity index (χ0) is 13.4. The molecule has 0 radical (unpaired) electrons. The van der Waals surface area contributed by atoms with Crippen LogP contribution in [0.1, 0.15) is 44.2 Å². The third-order valence-corrected chi connectivity index (χ3v) is 4.82. The molecule has 0 spiro atoms. The third-order valence-electron chi connectivity index (χ3n) is 4.19. The van der Waals surface area contributed by atoms with Gasteiger partial charge in [0.1, 0.15) is 0 Å². The first kappa shape index (κ1) is 13.4. The van der Waals surface area contributed by atoms with E-state index in [0.29, 0.717) is 0 Å². The molecule has 2 aliphatic carbocycles. The van der Waals surface area contributed by atoms with Gasteiger partial charge in [-0.2, -0.15) is 0 Å². The molecule has 2 nitrogen and oxygen atoms in total. The van der Waals surface area contributed by atoms with Crippen LogP contribution in [0.25, 0.3) is 0 Å². The van der Waals surface area contributed by atoms with Gasteiger partial charge in [0.2, 0.25) is 0 Å². The Kier molecular flexibility index (Phi) is 3.86. The summed E-state index contributed by atoms with van der Waals surface area (Å²) in [5.74, 6) is 1.86. The standard InChI is InChI=1S/C16H23BrN2/c1-11(18)14-6-7-16(15(17)8-14)19(9-12-2-3-12)10-13-4-5-13/h6-8,11-13H,2-5,9-10,18H2,1H3/t11-/m0/s1. The Morgan fingerprint density at radius 2 is 1.79 bits per heavy atom. The topological polar surface area (TPSA) is 29.3 Å². The molecule has 0 unspecified atom stereocenters. The van der Waals surface area contributed by atoms with Crippen LogP contribution in [-0.4, -0.2) is 13.1 Å². The van der Waals surface area contributed by atoms with Crippen LogP contribution in [-0.2, 0) is 0 Å². The molecule has 0 saturated heterocycles. The van der Waals surface area contributed by atoms with E-state index in [9.17, 15) is 0 Å². The van der Waals surface area contributed by atoms with Crippen LogP contribution in [0.5, 0.6) is 0 Å². The molecule has 3 rings (SSSR count). The lowest BCUT2D eigenvalue weighted by molar-refractivity contribution is 0.678. The van der Waals surface area contributed by atoms with E-state index in [1.807, 2.05) is 6.92 Å². The molecule has 0 heterocycles. The van der Waals surface area contributed by atoms with Crippen molar-refractivity contribution >= 4 is 21.6 Å². The lowest BCUT2D eigenvalue weighted by Crippen LogP contribution is -2.28. The number of hydrogen-bond donors (Lipinski definition) is 1. The monoisotopic (exact) mass is 322 g/mol. The number of nitrogens with zero attached hydrogens (tertiary/aromatic N) is 1. The van der Waals surface area contributed by atoms with Crippen molar-refractivity contribution in [3.63, 3.8) is 0 Å². The molecule has 2 fully saturated rings. The van der Waals surface area contributed by atoms with E-state index < -0.39 is 0 Å². The van der Waals surface area contributed by atoms with Crippen LogP contribution in [0, 0.1) is 11.8 Å². The largest absolute Gasteiger partial charge is 0.370 e. The fraction of sp³-hybridized carbons (Fsp3) is 0.625. The molecule has 0 amide bonds. The maximum absolute atomic E-state index is 5.96. The molecular formula is C16H23BrN2. The Hall–Kier alpha value is -0.540. The molecule has 1 atom stereocenters. The van der Waals surface area contributed by atoms with E-state index in [0.717, 1.165) is 11.8 Å². The normalized spacial score (nSPS) is 20.4. The van der Waals surface area contributed by atoms with Gasteiger partial charge in [0.25, 0.3) is 0 Å². The molecule has 0 bridgehead atoms. The first-order valence-corrected chi connectivity index (χ1v) is 8.22. The van der Waals surface area contributed by atoms with Crippen molar-refractivity contribution in [2.45, 2.75) is 38.6 Å². The first-order chi connectivity index (χ1) is 9.13. The number of halogens is 1. The summed E-state index contributed by atoms with van der Waals surface area (Å²) >= 11 is 3.74. The van der Waals surface area contributed by atoms with Gasteiger partial charge in [0.05, 0.1) is 5.69 Å². The highest BCUT2D eigenvalue weighted by Crippen LogP contribution is 2.38. The fourth-order valence-corrected chi connectivity index (χ4v) is 3.21. The van der Waals surface area contributed by atoms with Crippen LogP contribution in [0.15, 0.2) is 22.7 Å². The molecule has 0 aromatic heterocycles. The highest BCUT2D eigenvalue weighted by molar-refractivity contribution is 9.10. The van der Waals surface area contributed by atoms with Crippen molar-refractivity contribution < 1.29 is 0 Å². The van der Waals surface area contributed by atoms with E-state index in [1.54, 1.807) is 0 Å². The van der Waals surface area contributed by atoms with E-state index >= 15 is 0 Å². The Morgan fingerprint density at radius 1 is 1.21 bits per heavy atom. The Morgan fingerprint density at radius 3 is 2.21 bits per heavy atom.